The van der Waals surface area contributed by atoms with E-state index in [1.165, 1.54) is 13.3 Å². The SMILES string of the molecule is CC(=O)Nc1cc(N)cc(-n2cncn2)c1. The van der Waals surface area contributed by atoms with Crippen LogP contribution in [0.5, 0.6) is 0 Å². The fourth-order valence-corrected chi connectivity index (χ4v) is 1.38. The monoisotopic (exact) mass is 217 g/mol. The van der Waals surface area contributed by atoms with E-state index >= 15 is 0 Å². The zero-order chi connectivity index (χ0) is 11.5. The van der Waals surface area contributed by atoms with Crippen molar-refractivity contribution in [1.29, 1.82) is 0 Å². The summed E-state index contributed by atoms with van der Waals surface area (Å²) in [6.07, 6.45) is 2.99. The Labute approximate surface area is 92.1 Å². The van der Waals surface area contributed by atoms with Crippen LogP contribution in [0.25, 0.3) is 5.69 Å². The maximum Gasteiger partial charge on any atom is 0.221 e. The number of nitrogen functional groups attached to an aromatic ring is 1. The molecule has 0 bridgehead atoms. The molecule has 1 amide bonds. The third-order valence-electron chi connectivity index (χ3n) is 1.94. The van der Waals surface area contributed by atoms with Gasteiger partial charge in [-0.1, -0.05) is 0 Å². The topological polar surface area (TPSA) is 85.8 Å². The van der Waals surface area contributed by atoms with Gasteiger partial charge in [0.1, 0.15) is 12.7 Å². The lowest BCUT2D eigenvalue weighted by molar-refractivity contribution is -0.114. The van der Waals surface area contributed by atoms with Gasteiger partial charge < -0.3 is 11.1 Å². The Kier molecular flexibility index (Phi) is 2.55. The summed E-state index contributed by atoms with van der Waals surface area (Å²) in [4.78, 5) is 14.8. The van der Waals surface area contributed by atoms with Gasteiger partial charge in [0.2, 0.25) is 5.91 Å². The second-order valence-corrected chi connectivity index (χ2v) is 3.33. The van der Waals surface area contributed by atoms with Crippen LogP contribution >= 0.6 is 0 Å². The van der Waals surface area contributed by atoms with Crippen LogP contribution < -0.4 is 11.1 Å². The number of anilines is 2. The standard InChI is InChI=1S/C10H11N5O/c1-7(16)14-9-2-8(11)3-10(4-9)15-6-12-5-13-15/h2-6H,11H2,1H3,(H,14,16). The number of hydrogen-bond donors (Lipinski definition) is 2. The molecule has 1 aromatic heterocycles. The molecule has 0 radical (unpaired) electrons. The largest absolute Gasteiger partial charge is 0.399 e. The van der Waals surface area contributed by atoms with Crippen LogP contribution in [0.2, 0.25) is 0 Å². The molecule has 0 saturated carbocycles. The van der Waals surface area contributed by atoms with Crippen LogP contribution in [0.1, 0.15) is 6.92 Å². The lowest BCUT2D eigenvalue weighted by Crippen LogP contribution is -2.07. The first-order valence-electron chi connectivity index (χ1n) is 4.68. The van der Waals surface area contributed by atoms with Crippen molar-refractivity contribution < 1.29 is 4.79 Å². The van der Waals surface area contributed by atoms with Crippen molar-refractivity contribution in [2.24, 2.45) is 0 Å². The molecule has 82 valence electrons. The van der Waals surface area contributed by atoms with Crippen molar-refractivity contribution >= 4 is 17.3 Å². The second-order valence-electron chi connectivity index (χ2n) is 3.33. The summed E-state index contributed by atoms with van der Waals surface area (Å²) in [7, 11) is 0. The van der Waals surface area contributed by atoms with E-state index in [0.29, 0.717) is 11.4 Å². The molecule has 0 aliphatic carbocycles. The summed E-state index contributed by atoms with van der Waals surface area (Å²) < 4.78 is 1.57. The van der Waals surface area contributed by atoms with Crippen molar-refractivity contribution in [3.8, 4) is 5.69 Å². The van der Waals surface area contributed by atoms with Crippen LogP contribution in [-0.2, 0) is 4.79 Å². The number of nitrogens with two attached hydrogens (primary N) is 1. The third kappa shape index (κ3) is 2.17. The summed E-state index contributed by atoms with van der Waals surface area (Å²) >= 11 is 0. The van der Waals surface area contributed by atoms with Gasteiger partial charge >= 0.3 is 0 Å². The maximum atomic E-state index is 10.9. The van der Waals surface area contributed by atoms with Crippen molar-refractivity contribution in [1.82, 2.24) is 14.8 Å². The Morgan fingerprint density at radius 2 is 2.25 bits per heavy atom. The summed E-state index contributed by atoms with van der Waals surface area (Å²) in [6, 6.07) is 5.20. The zero-order valence-electron chi connectivity index (χ0n) is 8.71. The number of carbonyl (C=O) groups excluding carboxylic acids is 1. The molecule has 1 heterocycles. The number of nitrogens with one attached hydrogen (secondary N) is 1. The minimum atomic E-state index is -0.143. The normalized spacial score (nSPS) is 10.1. The molecule has 0 atom stereocenters. The Morgan fingerprint density at radius 1 is 1.44 bits per heavy atom. The minimum absolute atomic E-state index is 0.143. The number of aromatic nitrogens is 3. The number of hydrogen-bond acceptors (Lipinski definition) is 4. The van der Waals surface area contributed by atoms with Crippen LogP contribution in [0.15, 0.2) is 30.9 Å². The Balaban J connectivity index is 2.40. The van der Waals surface area contributed by atoms with Crippen LogP contribution in [-0.4, -0.2) is 20.7 Å². The average Bonchev–Trinajstić information content (AvgIpc) is 2.67. The fraction of sp³-hybridized carbons (Fsp3) is 0.100. The predicted molar refractivity (Wildman–Crippen MR) is 60.1 cm³/mol. The van der Waals surface area contributed by atoms with E-state index in [4.69, 9.17) is 5.73 Å². The molecule has 3 N–H and O–H groups in total. The van der Waals surface area contributed by atoms with Gasteiger partial charge in [0.05, 0.1) is 5.69 Å². The van der Waals surface area contributed by atoms with Gasteiger partial charge in [-0.15, -0.1) is 0 Å². The highest BCUT2D eigenvalue weighted by Crippen LogP contribution is 2.18. The number of nitrogens with zero attached hydrogens (tertiary/aromatic N) is 3. The number of rotatable bonds is 2. The van der Waals surface area contributed by atoms with Gasteiger partial charge in [-0.2, -0.15) is 5.10 Å². The van der Waals surface area contributed by atoms with Gasteiger partial charge in [-0.3, -0.25) is 4.79 Å². The molecule has 0 fully saturated rings. The van der Waals surface area contributed by atoms with E-state index in [-0.39, 0.29) is 5.91 Å². The first kappa shape index (κ1) is 10.2. The number of benzene rings is 1. The molecule has 6 nitrogen and oxygen atoms in total. The molecule has 2 aromatic rings. The minimum Gasteiger partial charge on any atom is -0.399 e. The van der Waals surface area contributed by atoms with Crippen molar-refractivity contribution in [2.75, 3.05) is 11.1 Å². The second kappa shape index (κ2) is 4.01. The number of carbonyl (C=O) groups is 1. The Morgan fingerprint density at radius 3 is 2.88 bits per heavy atom. The molecule has 0 spiro atoms. The molecular weight excluding hydrogens is 206 g/mol. The molecular formula is C10H11N5O. The zero-order valence-corrected chi connectivity index (χ0v) is 8.71. The van der Waals surface area contributed by atoms with Crippen molar-refractivity contribution in [3.63, 3.8) is 0 Å². The molecule has 6 heteroatoms. The highest BCUT2D eigenvalue weighted by atomic mass is 16.1. The van der Waals surface area contributed by atoms with E-state index in [0.717, 1.165) is 5.69 Å². The molecule has 0 saturated heterocycles. The quantitative estimate of drug-likeness (QED) is 0.729. The third-order valence-corrected chi connectivity index (χ3v) is 1.94. The first-order chi connectivity index (χ1) is 7.65. The summed E-state index contributed by atoms with van der Waals surface area (Å²) in [6.45, 7) is 1.44. The van der Waals surface area contributed by atoms with Gasteiger partial charge in [0.25, 0.3) is 0 Å². The van der Waals surface area contributed by atoms with E-state index in [9.17, 15) is 4.79 Å². The van der Waals surface area contributed by atoms with Crippen molar-refractivity contribution in [2.45, 2.75) is 6.92 Å². The Bertz CT molecular complexity index is 506. The van der Waals surface area contributed by atoms with E-state index in [2.05, 4.69) is 15.4 Å². The molecule has 16 heavy (non-hydrogen) atoms. The van der Waals surface area contributed by atoms with E-state index < -0.39 is 0 Å². The molecule has 0 unspecified atom stereocenters. The van der Waals surface area contributed by atoms with Crippen LogP contribution in [0, 0.1) is 0 Å². The Hall–Kier alpha value is -2.37. The average molecular weight is 217 g/mol. The molecule has 0 aliphatic heterocycles. The van der Waals surface area contributed by atoms with Gasteiger partial charge in [0, 0.05) is 18.3 Å². The van der Waals surface area contributed by atoms with E-state index in [1.54, 1.807) is 29.2 Å². The summed E-state index contributed by atoms with van der Waals surface area (Å²) in [5.74, 6) is -0.143. The fourth-order valence-electron chi connectivity index (χ4n) is 1.38. The number of amides is 1. The van der Waals surface area contributed by atoms with Crippen LogP contribution in [0.3, 0.4) is 0 Å². The molecule has 2 rings (SSSR count). The van der Waals surface area contributed by atoms with E-state index in [1.807, 2.05) is 0 Å². The molecule has 1 aromatic carbocycles. The van der Waals surface area contributed by atoms with Gasteiger partial charge in [-0.25, -0.2) is 9.67 Å². The molecule has 0 aliphatic rings. The van der Waals surface area contributed by atoms with Crippen LogP contribution in [0.4, 0.5) is 11.4 Å². The van der Waals surface area contributed by atoms with Gasteiger partial charge in [-0.05, 0) is 18.2 Å². The highest BCUT2D eigenvalue weighted by molar-refractivity contribution is 5.89. The van der Waals surface area contributed by atoms with Gasteiger partial charge in [0.15, 0.2) is 0 Å². The predicted octanol–water partition coefficient (Wildman–Crippen LogP) is 0.808. The lowest BCUT2D eigenvalue weighted by atomic mass is 10.2. The smallest absolute Gasteiger partial charge is 0.221 e. The summed E-state index contributed by atoms with van der Waals surface area (Å²) in [5.41, 5.74) is 7.67. The first-order valence-corrected chi connectivity index (χ1v) is 4.68. The van der Waals surface area contributed by atoms with Crippen molar-refractivity contribution in [3.05, 3.63) is 30.9 Å². The maximum absolute atomic E-state index is 10.9. The highest BCUT2D eigenvalue weighted by Gasteiger charge is 2.02. The lowest BCUT2D eigenvalue weighted by Gasteiger charge is -2.07. The summed E-state index contributed by atoms with van der Waals surface area (Å²) in [5, 5.41) is 6.65.